The zero-order chi connectivity index (χ0) is 15.9. The van der Waals surface area contributed by atoms with E-state index in [0.717, 1.165) is 30.2 Å². The number of hydrogen-bond donors (Lipinski definition) is 3. The highest BCUT2D eigenvalue weighted by atomic mass is 35.5. The van der Waals surface area contributed by atoms with Crippen LogP contribution in [0.4, 0.5) is 5.69 Å². The maximum absolute atomic E-state index is 12.2. The van der Waals surface area contributed by atoms with Crippen LogP contribution in [0.15, 0.2) is 29.2 Å². The predicted molar refractivity (Wildman–Crippen MR) is 96.1 cm³/mol. The fraction of sp³-hybridized carbons (Fsp3) is 0.467. The Morgan fingerprint density at radius 1 is 1.43 bits per heavy atom. The Hall–Kier alpha value is -1.28. The summed E-state index contributed by atoms with van der Waals surface area (Å²) in [5.41, 5.74) is 5.89. The molecule has 0 unspecified atom stereocenters. The number of amides is 2. The van der Waals surface area contributed by atoms with E-state index in [1.807, 2.05) is 24.3 Å². The molecular formula is C15H23ClN4O2S. The largest absolute Gasteiger partial charge is 0.369 e. The number of para-hydroxylation sites is 1. The third kappa shape index (κ3) is 6.39. The Morgan fingerprint density at radius 2 is 2.17 bits per heavy atom. The number of thioether (sulfide) groups is 1. The molecule has 4 N–H and O–H groups in total. The molecule has 128 valence electrons. The average molecular weight is 359 g/mol. The lowest BCUT2D eigenvalue weighted by Gasteiger charge is -2.33. The van der Waals surface area contributed by atoms with Crippen molar-refractivity contribution in [2.24, 2.45) is 5.73 Å². The predicted octanol–water partition coefficient (Wildman–Crippen LogP) is 0.918. The molecule has 1 heterocycles. The van der Waals surface area contributed by atoms with E-state index in [0.29, 0.717) is 12.6 Å². The molecule has 0 aliphatic carbocycles. The van der Waals surface area contributed by atoms with Gasteiger partial charge in [0.25, 0.3) is 0 Å². The highest BCUT2D eigenvalue weighted by Crippen LogP contribution is 2.26. The van der Waals surface area contributed by atoms with Crippen molar-refractivity contribution in [3.63, 3.8) is 0 Å². The van der Waals surface area contributed by atoms with Crippen molar-refractivity contribution in [3.05, 3.63) is 24.3 Å². The van der Waals surface area contributed by atoms with E-state index in [2.05, 4.69) is 22.5 Å². The van der Waals surface area contributed by atoms with Gasteiger partial charge in [0.2, 0.25) is 11.8 Å². The molecular weight excluding hydrogens is 336 g/mol. The number of primary amides is 1. The van der Waals surface area contributed by atoms with Gasteiger partial charge in [-0.25, -0.2) is 0 Å². The van der Waals surface area contributed by atoms with Crippen molar-refractivity contribution in [1.29, 1.82) is 0 Å². The number of nitrogens with zero attached hydrogens (tertiary/aromatic N) is 1. The molecule has 8 heteroatoms. The van der Waals surface area contributed by atoms with E-state index < -0.39 is 0 Å². The third-order valence-corrected chi connectivity index (χ3v) is 4.61. The number of piperazine rings is 1. The molecule has 1 aromatic rings. The van der Waals surface area contributed by atoms with Gasteiger partial charge in [-0.1, -0.05) is 12.1 Å². The van der Waals surface area contributed by atoms with Crippen molar-refractivity contribution >= 4 is 41.7 Å². The Morgan fingerprint density at radius 3 is 2.87 bits per heavy atom. The monoisotopic (exact) mass is 358 g/mol. The molecule has 0 saturated carbocycles. The summed E-state index contributed by atoms with van der Waals surface area (Å²) in [5, 5.41) is 6.23. The Balaban J connectivity index is 0.00000264. The second-order valence-electron chi connectivity index (χ2n) is 5.32. The van der Waals surface area contributed by atoms with Gasteiger partial charge in [-0.3, -0.25) is 14.5 Å². The van der Waals surface area contributed by atoms with E-state index >= 15 is 0 Å². The first-order valence-corrected chi connectivity index (χ1v) is 8.29. The number of halogens is 1. The van der Waals surface area contributed by atoms with Crippen LogP contribution < -0.4 is 16.4 Å². The molecule has 2 amide bonds. The first kappa shape index (κ1) is 19.8. The van der Waals surface area contributed by atoms with Gasteiger partial charge in [0.15, 0.2) is 0 Å². The average Bonchev–Trinajstić information content (AvgIpc) is 2.48. The van der Waals surface area contributed by atoms with Gasteiger partial charge in [0.1, 0.15) is 0 Å². The molecule has 1 aromatic carbocycles. The normalized spacial score (nSPS) is 18.0. The molecule has 0 radical (unpaired) electrons. The van der Waals surface area contributed by atoms with Gasteiger partial charge in [-0.05, 0) is 19.1 Å². The standard InChI is InChI=1S/C15H22N4O2S.ClH/c1-11-8-17-6-7-19(11)9-15(21)18-12-4-2-3-5-13(12)22-10-14(16)20;/h2-5,11,17H,6-10H2,1H3,(H2,16,20)(H,18,21);1H/t11-;/m1./s1. The fourth-order valence-electron chi connectivity index (χ4n) is 2.34. The van der Waals surface area contributed by atoms with E-state index in [9.17, 15) is 9.59 Å². The molecule has 1 aliphatic rings. The summed E-state index contributed by atoms with van der Waals surface area (Å²) in [6.45, 7) is 5.15. The van der Waals surface area contributed by atoms with Crippen LogP contribution in [0.2, 0.25) is 0 Å². The van der Waals surface area contributed by atoms with E-state index in [4.69, 9.17) is 5.73 Å². The second-order valence-corrected chi connectivity index (χ2v) is 6.34. The number of rotatable bonds is 6. The van der Waals surface area contributed by atoms with Gasteiger partial charge >= 0.3 is 0 Å². The van der Waals surface area contributed by atoms with Crippen LogP contribution in [0.25, 0.3) is 0 Å². The lowest BCUT2D eigenvalue weighted by molar-refractivity contribution is -0.118. The number of anilines is 1. The molecule has 2 rings (SSSR count). The maximum Gasteiger partial charge on any atom is 0.238 e. The topological polar surface area (TPSA) is 87.5 Å². The van der Waals surface area contributed by atoms with Crippen LogP contribution in [0.3, 0.4) is 0 Å². The summed E-state index contributed by atoms with van der Waals surface area (Å²) in [6, 6.07) is 7.78. The molecule has 0 bridgehead atoms. The minimum atomic E-state index is -0.374. The van der Waals surface area contributed by atoms with Gasteiger partial charge in [0, 0.05) is 30.6 Å². The number of benzene rings is 1. The minimum absolute atomic E-state index is 0. The number of hydrogen-bond acceptors (Lipinski definition) is 5. The zero-order valence-electron chi connectivity index (χ0n) is 13.1. The van der Waals surface area contributed by atoms with E-state index in [1.165, 1.54) is 11.8 Å². The third-order valence-electron chi connectivity index (χ3n) is 3.52. The van der Waals surface area contributed by atoms with Gasteiger partial charge < -0.3 is 16.4 Å². The summed E-state index contributed by atoms with van der Waals surface area (Å²) in [7, 11) is 0. The van der Waals surface area contributed by atoms with E-state index in [-0.39, 0.29) is 30.0 Å². The maximum atomic E-state index is 12.2. The summed E-state index contributed by atoms with van der Waals surface area (Å²) in [4.78, 5) is 26.2. The highest BCUT2D eigenvalue weighted by molar-refractivity contribution is 8.00. The lowest BCUT2D eigenvalue weighted by Crippen LogP contribution is -2.52. The van der Waals surface area contributed by atoms with Crippen LogP contribution >= 0.6 is 24.2 Å². The molecule has 0 spiro atoms. The van der Waals surface area contributed by atoms with Crippen LogP contribution in [0.1, 0.15) is 6.92 Å². The molecule has 1 saturated heterocycles. The fourth-order valence-corrected chi connectivity index (χ4v) is 3.08. The van der Waals surface area contributed by atoms with Crippen molar-refractivity contribution < 1.29 is 9.59 Å². The molecule has 1 atom stereocenters. The van der Waals surface area contributed by atoms with Gasteiger partial charge in [-0.15, -0.1) is 24.2 Å². The second kappa shape index (κ2) is 9.77. The van der Waals surface area contributed by atoms with Gasteiger partial charge in [-0.2, -0.15) is 0 Å². The summed E-state index contributed by atoms with van der Waals surface area (Å²) in [5.74, 6) is -0.219. The SMILES string of the molecule is C[C@@H]1CNCCN1CC(=O)Nc1ccccc1SCC(N)=O.Cl. The van der Waals surface area contributed by atoms with Crippen molar-refractivity contribution in [3.8, 4) is 0 Å². The Kier molecular flexibility index (Phi) is 8.40. The van der Waals surface area contributed by atoms with Crippen molar-refractivity contribution in [2.45, 2.75) is 17.9 Å². The Bertz CT molecular complexity index is 544. The summed E-state index contributed by atoms with van der Waals surface area (Å²) < 4.78 is 0. The van der Waals surface area contributed by atoms with Crippen molar-refractivity contribution in [1.82, 2.24) is 10.2 Å². The smallest absolute Gasteiger partial charge is 0.238 e. The van der Waals surface area contributed by atoms with E-state index in [1.54, 1.807) is 0 Å². The molecule has 23 heavy (non-hydrogen) atoms. The number of carbonyl (C=O) groups excluding carboxylic acids is 2. The van der Waals surface area contributed by atoms with Crippen LogP contribution in [0, 0.1) is 0 Å². The lowest BCUT2D eigenvalue weighted by atomic mass is 10.2. The molecule has 6 nitrogen and oxygen atoms in total. The van der Waals surface area contributed by atoms with Crippen LogP contribution in [-0.2, 0) is 9.59 Å². The van der Waals surface area contributed by atoms with Gasteiger partial charge in [0.05, 0.1) is 18.0 Å². The quantitative estimate of drug-likeness (QED) is 0.658. The molecule has 0 aromatic heterocycles. The van der Waals surface area contributed by atoms with Crippen LogP contribution in [0.5, 0.6) is 0 Å². The number of nitrogens with one attached hydrogen (secondary N) is 2. The number of carbonyl (C=O) groups is 2. The minimum Gasteiger partial charge on any atom is -0.369 e. The Labute approximate surface area is 147 Å². The van der Waals surface area contributed by atoms with Crippen LogP contribution in [-0.4, -0.2) is 54.7 Å². The number of nitrogens with two attached hydrogens (primary N) is 1. The first-order valence-electron chi connectivity index (χ1n) is 7.31. The molecule has 1 fully saturated rings. The summed E-state index contributed by atoms with van der Waals surface area (Å²) >= 11 is 1.33. The molecule has 1 aliphatic heterocycles. The zero-order valence-corrected chi connectivity index (χ0v) is 14.7. The summed E-state index contributed by atoms with van der Waals surface area (Å²) in [6.07, 6.45) is 0. The van der Waals surface area contributed by atoms with Crippen molar-refractivity contribution in [2.75, 3.05) is 37.2 Å². The highest BCUT2D eigenvalue weighted by Gasteiger charge is 2.20. The first-order chi connectivity index (χ1) is 10.6.